The molecule has 0 aliphatic heterocycles. The summed E-state index contributed by atoms with van der Waals surface area (Å²) in [6, 6.07) is 0. The van der Waals surface area contributed by atoms with Gasteiger partial charge in [-0.25, -0.2) is 0 Å². The van der Waals surface area contributed by atoms with Crippen LogP contribution in [0.3, 0.4) is 0 Å². The lowest BCUT2D eigenvalue weighted by atomic mass is 10.3. The van der Waals surface area contributed by atoms with Gasteiger partial charge in [-0.15, -0.1) is 6.58 Å². The Balaban J connectivity index is 4.15. The predicted octanol–water partition coefficient (Wildman–Crippen LogP) is 1.82. The van der Waals surface area contributed by atoms with Gasteiger partial charge in [0.25, 0.3) is 0 Å². The summed E-state index contributed by atoms with van der Waals surface area (Å²) < 4.78 is 59.1. The SMILES string of the molecule is C=C(C)CCOS(=O)(=O)C(F)(F)F. The molecule has 78 valence electrons. The van der Waals surface area contributed by atoms with E-state index in [0.29, 0.717) is 5.57 Å². The van der Waals surface area contributed by atoms with Crippen molar-refractivity contribution in [3.05, 3.63) is 12.2 Å². The number of rotatable bonds is 4. The van der Waals surface area contributed by atoms with E-state index in [0.717, 1.165) is 0 Å². The third kappa shape index (κ3) is 4.28. The molecule has 0 aliphatic rings. The molecule has 7 heteroatoms. The van der Waals surface area contributed by atoms with Crippen molar-refractivity contribution in [2.24, 2.45) is 0 Å². The van der Waals surface area contributed by atoms with Gasteiger partial charge < -0.3 is 0 Å². The Morgan fingerprint density at radius 3 is 2.23 bits per heavy atom. The number of alkyl halides is 3. The molecule has 0 aromatic heterocycles. The molecule has 3 nitrogen and oxygen atoms in total. The van der Waals surface area contributed by atoms with E-state index in [1.165, 1.54) is 0 Å². The van der Waals surface area contributed by atoms with Crippen LogP contribution >= 0.6 is 0 Å². The molecule has 13 heavy (non-hydrogen) atoms. The summed E-state index contributed by atoms with van der Waals surface area (Å²) in [4.78, 5) is 0. The first-order valence-electron chi connectivity index (χ1n) is 3.27. The maximum atomic E-state index is 11.6. The Bertz CT molecular complexity index is 278. The maximum absolute atomic E-state index is 11.6. The molecule has 0 spiro atoms. The van der Waals surface area contributed by atoms with Crippen LogP contribution in [0, 0.1) is 0 Å². The van der Waals surface area contributed by atoms with Crippen molar-refractivity contribution in [3.8, 4) is 0 Å². The van der Waals surface area contributed by atoms with Crippen LogP contribution in [-0.4, -0.2) is 20.5 Å². The highest BCUT2D eigenvalue weighted by molar-refractivity contribution is 7.87. The van der Waals surface area contributed by atoms with Crippen LogP contribution in [0.4, 0.5) is 13.2 Å². The zero-order chi connectivity index (χ0) is 10.7. The van der Waals surface area contributed by atoms with E-state index in [1.807, 2.05) is 0 Å². The summed E-state index contributed by atoms with van der Waals surface area (Å²) in [5.41, 5.74) is -4.79. The summed E-state index contributed by atoms with van der Waals surface area (Å²) in [6.07, 6.45) is 0.0787. The van der Waals surface area contributed by atoms with E-state index in [1.54, 1.807) is 6.92 Å². The van der Waals surface area contributed by atoms with Crippen LogP contribution in [0.1, 0.15) is 13.3 Å². The monoisotopic (exact) mass is 218 g/mol. The Hall–Kier alpha value is -0.560. The fourth-order valence-electron chi connectivity index (χ4n) is 0.392. The van der Waals surface area contributed by atoms with Crippen LogP contribution < -0.4 is 0 Å². The molecule has 0 N–H and O–H groups in total. The molecule has 0 heterocycles. The van der Waals surface area contributed by atoms with Crippen LogP contribution in [0.2, 0.25) is 0 Å². The molecule has 0 atom stereocenters. The van der Waals surface area contributed by atoms with Gasteiger partial charge >= 0.3 is 15.6 Å². The minimum absolute atomic E-state index is 0.0787. The maximum Gasteiger partial charge on any atom is 0.523 e. The van der Waals surface area contributed by atoms with Gasteiger partial charge in [0.15, 0.2) is 0 Å². The van der Waals surface area contributed by atoms with Crippen molar-refractivity contribution in [3.63, 3.8) is 0 Å². The van der Waals surface area contributed by atoms with Crippen molar-refractivity contribution in [2.45, 2.75) is 18.9 Å². The average Bonchev–Trinajstić information content (AvgIpc) is 1.82. The van der Waals surface area contributed by atoms with Gasteiger partial charge in [0.2, 0.25) is 0 Å². The third-order valence-electron chi connectivity index (χ3n) is 1.05. The lowest BCUT2D eigenvalue weighted by Gasteiger charge is -2.07. The second-order valence-corrected chi connectivity index (χ2v) is 4.04. The molecular formula is C6H9F3O3S. The summed E-state index contributed by atoms with van der Waals surface area (Å²) in [7, 11) is -5.43. The molecule has 0 radical (unpaired) electrons. The molecule has 0 amide bonds. The predicted molar refractivity (Wildman–Crippen MR) is 40.4 cm³/mol. The molecule has 0 rings (SSSR count). The van der Waals surface area contributed by atoms with E-state index in [4.69, 9.17) is 0 Å². The molecule has 0 aliphatic carbocycles. The van der Waals surface area contributed by atoms with E-state index < -0.39 is 22.2 Å². The van der Waals surface area contributed by atoms with Gasteiger partial charge in [-0.2, -0.15) is 21.6 Å². The molecule has 0 aromatic carbocycles. The second kappa shape index (κ2) is 4.10. The average molecular weight is 218 g/mol. The number of halogens is 3. The molecule has 0 bridgehead atoms. The lowest BCUT2D eigenvalue weighted by molar-refractivity contribution is -0.0541. The van der Waals surface area contributed by atoms with E-state index in [9.17, 15) is 21.6 Å². The Labute approximate surface area is 74.3 Å². The normalized spacial score (nSPS) is 12.9. The Kier molecular flexibility index (Phi) is 3.92. The number of hydrogen-bond acceptors (Lipinski definition) is 3. The Morgan fingerprint density at radius 1 is 1.46 bits per heavy atom. The zero-order valence-electron chi connectivity index (χ0n) is 6.89. The van der Waals surface area contributed by atoms with E-state index in [-0.39, 0.29) is 6.42 Å². The van der Waals surface area contributed by atoms with Crippen molar-refractivity contribution >= 4 is 10.1 Å². The van der Waals surface area contributed by atoms with Gasteiger partial charge in [0.05, 0.1) is 6.61 Å². The number of hydrogen-bond donors (Lipinski definition) is 0. The topological polar surface area (TPSA) is 43.4 Å². The Morgan fingerprint density at radius 2 is 1.92 bits per heavy atom. The molecule has 0 saturated heterocycles. The highest BCUT2D eigenvalue weighted by Crippen LogP contribution is 2.24. The minimum atomic E-state index is -5.43. The molecule has 0 fully saturated rings. The van der Waals surface area contributed by atoms with Crippen LogP contribution in [0.15, 0.2) is 12.2 Å². The van der Waals surface area contributed by atoms with E-state index >= 15 is 0 Å². The molecular weight excluding hydrogens is 209 g/mol. The van der Waals surface area contributed by atoms with Crippen LogP contribution in [-0.2, 0) is 14.3 Å². The highest BCUT2D eigenvalue weighted by Gasteiger charge is 2.47. The van der Waals surface area contributed by atoms with Crippen molar-refractivity contribution in [1.82, 2.24) is 0 Å². The molecule has 0 aromatic rings. The first kappa shape index (κ1) is 12.4. The smallest absolute Gasteiger partial charge is 0.263 e. The lowest BCUT2D eigenvalue weighted by Crippen LogP contribution is -2.25. The van der Waals surface area contributed by atoms with Crippen molar-refractivity contribution in [2.75, 3.05) is 6.61 Å². The van der Waals surface area contributed by atoms with Crippen LogP contribution in [0.5, 0.6) is 0 Å². The minimum Gasteiger partial charge on any atom is -0.263 e. The van der Waals surface area contributed by atoms with E-state index in [2.05, 4.69) is 10.8 Å². The molecule has 0 unspecified atom stereocenters. The van der Waals surface area contributed by atoms with Gasteiger partial charge in [-0.3, -0.25) is 4.18 Å². The summed E-state index contributed by atoms with van der Waals surface area (Å²) in [6.45, 7) is 4.41. The first-order valence-corrected chi connectivity index (χ1v) is 4.68. The van der Waals surface area contributed by atoms with Gasteiger partial charge in [-0.05, 0) is 13.3 Å². The largest absolute Gasteiger partial charge is 0.523 e. The second-order valence-electron chi connectivity index (χ2n) is 2.43. The van der Waals surface area contributed by atoms with Gasteiger partial charge in [0.1, 0.15) is 0 Å². The summed E-state index contributed by atoms with van der Waals surface area (Å²) in [5, 5.41) is 0. The van der Waals surface area contributed by atoms with Crippen molar-refractivity contribution < 1.29 is 25.8 Å². The van der Waals surface area contributed by atoms with Gasteiger partial charge in [-0.1, -0.05) is 5.57 Å². The highest BCUT2D eigenvalue weighted by atomic mass is 32.2. The molecule has 0 saturated carbocycles. The quantitative estimate of drug-likeness (QED) is 0.410. The first-order chi connectivity index (χ1) is 5.67. The summed E-state index contributed by atoms with van der Waals surface area (Å²) >= 11 is 0. The van der Waals surface area contributed by atoms with Crippen molar-refractivity contribution in [1.29, 1.82) is 0 Å². The zero-order valence-corrected chi connectivity index (χ0v) is 7.70. The van der Waals surface area contributed by atoms with Crippen LogP contribution in [0.25, 0.3) is 0 Å². The fourth-order valence-corrected chi connectivity index (χ4v) is 0.829. The van der Waals surface area contributed by atoms with Gasteiger partial charge in [0, 0.05) is 0 Å². The summed E-state index contributed by atoms with van der Waals surface area (Å²) in [5.74, 6) is 0. The standard InChI is InChI=1S/C6H9F3O3S/c1-5(2)3-4-12-13(10,11)6(7,8)9/h1,3-4H2,2H3. The fraction of sp³-hybridized carbons (Fsp3) is 0.667. The third-order valence-corrected chi connectivity index (χ3v) is 2.09.